The van der Waals surface area contributed by atoms with Crippen LogP contribution in [0.5, 0.6) is 0 Å². The molecule has 2 saturated heterocycles. The number of H-pyrrole nitrogens is 1. The smallest absolute Gasteiger partial charge is 0.0651 e. The molecule has 1 N–H and O–H groups in total. The van der Waals surface area contributed by atoms with Crippen LogP contribution in [0.4, 0.5) is 0 Å². The van der Waals surface area contributed by atoms with E-state index >= 15 is 0 Å². The fourth-order valence-corrected chi connectivity index (χ4v) is 5.01. The first-order valence-corrected chi connectivity index (χ1v) is 7.99. The Morgan fingerprint density at radius 1 is 1.26 bits per heavy atom. The third-order valence-electron chi connectivity index (χ3n) is 4.77. The lowest BCUT2D eigenvalue weighted by Gasteiger charge is -2.36. The van der Waals surface area contributed by atoms with Gasteiger partial charge in [-0.15, -0.1) is 11.8 Å². The molecule has 2 aliphatic heterocycles. The zero-order valence-corrected chi connectivity index (χ0v) is 12.0. The molecule has 1 aromatic heterocycles. The fourth-order valence-electron chi connectivity index (χ4n) is 3.64. The van der Waals surface area contributed by atoms with Gasteiger partial charge in [0.15, 0.2) is 0 Å². The Labute approximate surface area is 117 Å². The summed E-state index contributed by atoms with van der Waals surface area (Å²) in [6.07, 6.45) is 7.41. The molecule has 0 radical (unpaired) electrons. The number of piperidine rings is 1. The molecule has 0 aliphatic carbocycles. The number of hydrogen-bond donors (Lipinski definition) is 1. The van der Waals surface area contributed by atoms with Gasteiger partial charge in [-0.05, 0) is 50.9 Å². The van der Waals surface area contributed by atoms with E-state index in [-0.39, 0.29) is 0 Å². The Morgan fingerprint density at radius 2 is 2.05 bits per heavy atom. The topological polar surface area (TPSA) is 31.9 Å². The van der Waals surface area contributed by atoms with Crippen LogP contribution in [-0.4, -0.2) is 39.5 Å². The molecule has 4 heteroatoms. The Morgan fingerprint density at radius 3 is 2.84 bits per heavy atom. The number of hydrogen-bond acceptors (Lipinski definition) is 3. The maximum atomic E-state index is 4.09. The Bertz CT molecular complexity index is 580. The zero-order chi connectivity index (χ0) is 12.8. The van der Waals surface area contributed by atoms with Crippen LogP contribution in [-0.2, 0) is 0 Å². The molecule has 3 atom stereocenters. The lowest BCUT2D eigenvalue weighted by atomic mass is 10.0. The Balaban J connectivity index is 1.52. The monoisotopic (exact) mass is 273 g/mol. The number of benzene rings is 1. The number of aromatic amines is 1. The van der Waals surface area contributed by atoms with Crippen LogP contribution in [0.2, 0.25) is 0 Å². The van der Waals surface area contributed by atoms with Crippen molar-refractivity contribution in [2.24, 2.45) is 0 Å². The van der Waals surface area contributed by atoms with Gasteiger partial charge in [-0.2, -0.15) is 5.10 Å². The average Bonchev–Trinajstić information content (AvgIpc) is 2.92. The van der Waals surface area contributed by atoms with E-state index in [4.69, 9.17) is 0 Å². The molecule has 1 unspecified atom stereocenters. The largest absolute Gasteiger partial charge is 0.300 e. The SMILES string of the molecule is CN1[C@@H]2CC[C@H]1CC(Sc1ccc3[nH]ncc3c1)C2. The van der Waals surface area contributed by atoms with Gasteiger partial charge in [0.1, 0.15) is 0 Å². The second kappa shape index (κ2) is 4.53. The van der Waals surface area contributed by atoms with E-state index in [0.29, 0.717) is 0 Å². The van der Waals surface area contributed by atoms with Crippen LogP contribution in [0.25, 0.3) is 10.9 Å². The van der Waals surface area contributed by atoms with Crippen molar-refractivity contribution >= 4 is 22.7 Å². The zero-order valence-electron chi connectivity index (χ0n) is 11.2. The predicted octanol–water partition coefficient (Wildman–Crippen LogP) is 3.28. The average molecular weight is 273 g/mol. The molecular formula is C15H19N3S. The highest BCUT2D eigenvalue weighted by Gasteiger charge is 2.38. The van der Waals surface area contributed by atoms with Crippen molar-refractivity contribution in [1.29, 1.82) is 0 Å². The summed E-state index contributed by atoms with van der Waals surface area (Å²) in [5, 5.41) is 9.12. The van der Waals surface area contributed by atoms with Gasteiger partial charge >= 0.3 is 0 Å². The van der Waals surface area contributed by atoms with Gasteiger partial charge in [-0.3, -0.25) is 5.10 Å². The van der Waals surface area contributed by atoms with Crippen molar-refractivity contribution in [2.75, 3.05) is 7.05 Å². The molecule has 0 spiro atoms. The number of fused-ring (bicyclic) bond motifs is 3. The summed E-state index contributed by atoms with van der Waals surface area (Å²) in [5.41, 5.74) is 1.13. The van der Waals surface area contributed by atoms with E-state index in [0.717, 1.165) is 22.9 Å². The molecule has 2 aliphatic rings. The van der Waals surface area contributed by atoms with Crippen molar-refractivity contribution in [2.45, 2.75) is 47.9 Å². The molecule has 1 aromatic carbocycles. The molecule has 2 aromatic rings. The third-order valence-corrected chi connectivity index (χ3v) is 6.01. The van der Waals surface area contributed by atoms with Gasteiger partial charge in [0.2, 0.25) is 0 Å². The number of rotatable bonds is 2. The summed E-state index contributed by atoms with van der Waals surface area (Å²) < 4.78 is 0. The van der Waals surface area contributed by atoms with Crippen molar-refractivity contribution in [3.05, 3.63) is 24.4 Å². The maximum absolute atomic E-state index is 4.09. The summed E-state index contributed by atoms with van der Waals surface area (Å²) >= 11 is 2.06. The van der Waals surface area contributed by atoms with Crippen LogP contribution in [0.1, 0.15) is 25.7 Å². The maximum Gasteiger partial charge on any atom is 0.0651 e. The molecule has 2 bridgehead atoms. The van der Waals surface area contributed by atoms with Crippen LogP contribution in [0.3, 0.4) is 0 Å². The second-order valence-corrected chi connectivity index (χ2v) is 7.25. The van der Waals surface area contributed by atoms with Crippen molar-refractivity contribution in [3.8, 4) is 0 Å². The second-order valence-electron chi connectivity index (χ2n) is 5.88. The van der Waals surface area contributed by atoms with Crippen LogP contribution in [0.15, 0.2) is 29.3 Å². The summed E-state index contributed by atoms with van der Waals surface area (Å²) in [6.45, 7) is 0. The molecule has 0 saturated carbocycles. The molecular weight excluding hydrogens is 254 g/mol. The van der Waals surface area contributed by atoms with E-state index in [2.05, 4.69) is 52.1 Å². The van der Waals surface area contributed by atoms with Crippen molar-refractivity contribution in [1.82, 2.24) is 15.1 Å². The predicted molar refractivity (Wildman–Crippen MR) is 79.5 cm³/mol. The highest BCUT2D eigenvalue weighted by atomic mass is 32.2. The van der Waals surface area contributed by atoms with Gasteiger partial charge in [-0.1, -0.05) is 0 Å². The minimum atomic E-state index is 0.790. The van der Waals surface area contributed by atoms with Crippen molar-refractivity contribution < 1.29 is 0 Å². The van der Waals surface area contributed by atoms with Gasteiger partial charge in [-0.25, -0.2) is 0 Å². The normalized spacial score (nSPS) is 31.1. The van der Waals surface area contributed by atoms with Crippen LogP contribution in [0, 0.1) is 0 Å². The first-order chi connectivity index (χ1) is 9.29. The first kappa shape index (κ1) is 11.8. The standard InChI is InChI=1S/C15H19N3S/c1-18-11-2-3-12(18)8-14(7-11)19-13-4-5-15-10(6-13)9-16-17-15/h4-6,9,11-12,14H,2-3,7-8H2,1H3,(H,16,17)/t11-,12+,14?. The van der Waals surface area contributed by atoms with Gasteiger partial charge in [0.05, 0.1) is 11.7 Å². The van der Waals surface area contributed by atoms with Gasteiger partial charge < -0.3 is 4.90 Å². The highest BCUT2D eigenvalue weighted by Crippen LogP contribution is 2.41. The fraction of sp³-hybridized carbons (Fsp3) is 0.533. The Hall–Kier alpha value is -1.00. The summed E-state index contributed by atoms with van der Waals surface area (Å²) in [7, 11) is 2.31. The molecule has 100 valence electrons. The van der Waals surface area contributed by atoms with E-state index in [1.54, 1.807) is 0 Å². The van der Waals surface area contributed by atoms with E-state index < -0.39 is 0 Å². The highest BCUT2D eigenvalue weighted by molar-refractivity contribution is 8.00. The van der Waals surface area contributed by atoms with Crippen LogP contribution < -0.4 is 0 Å². The molecule has 4 rings (SSSR count). The number of nitrogens with one attached hydrogen (secondary N) is 1. The lowest BCUT2D eigenvalue weighted by molar-refractivity contribution is 0.183. The minimum absolute atomic E-state index is 0.790. The minimum Gasteiger partial charge on any atom is -0.300 e. The third kappa shape index (κ3) is 2.07. The molecule has 0 amide bonds. The van der Waals surface area contributed by atoms with Gasteiger partial charge in [0.25, 0.3) is 0 Å². The number of thioether (sulfide) groups is 1. The molecule has 2 fully saturated rings. The van der Waals surface area contributed by atoms with E-state index in [1.165, 1.54) is 36.0 Å². The molecule has 3 nitrogen and oxygen atoms in total. The molecule has 19 heavy (non-hydrogen) atoms. The first-order valence-electron chi connectivity index (χ1n) is 7.11. The Kier molecular flexibility index (Phi) is 2.81. The van der Waals surface area contributed by atoms with E-state index in [1.807, 2.05) is 6.20 Å². The summed E-state index contributed by atoms with van der Waals surface area (Å²) in [6, 6.07) is 8.30. The number of aromatic nitrogens is 2. The number of nitrogens with zero attached hydrogens (tertiary/aromatic N) is 2. The van der Waals surface area contributed by atoms with E-state index in [9.17, 15) is 0 Å². The quantitative estimate of drug-likeness (QED) is 0.911. The van der Waals surface area contributed by atoms with Gasteiger partial charge in [0, 0.05) is 27.6 Å². The summed E-state index contributed by atoms with van der Waals surface area (Å²) in [4.78, 5) is 4.00. The van der Waals surface area contributed by atoms with Crippen LogP contribution >= 0.6 is 11.8 Å². The van der Waals surface area contributed by atoms with Crippen molar-refractivity contribution in [3.63, 3.8) is 0 Å². The lowest BCUT2D eigenvalue weighted by Crippen LogP contribution is -2.40. The summed E-state index contributed by atoms with van der Waals surface area (Å²) in [5.74, 6) is 0. The molecule has 3 heterocycles.